The van der Waals surface area contributed by atoms with Crippen LogP contribution in [0.5, 0.6) is 5.75 Å². The molecule has 0 aliphatic heterocycles. The Bertz CT molecular complexity index is 969. The van der Waals surface area contributed by atoms with Crippen LogP contribution in [0.15, 0.2) is 48.9 Å². The predicted octanol–water partition coefficient (Wildman–Crippen LogP) is 3.06. The number of aliphatic hydroxyl groups excluding tert-OH is 1. The zero-order chi connectivity index (χ0) is 22.2. The number of hydrogen-bond acceptors (Lipinski definition) is 5. The molecule has 1 unspecified atom stereocenters. The van der Waals surface area contributed by atoms with E-state index in [-0.39, 0.29) is 18.6 Å². The number of nitrogens with zero attached hydrogens (tertiary/aromatic N) is 2. The van der Waals surface area contributed by atoms with Gasteiger partial charge >= 0.3 is 0 Å². The van der Waals surface area contributed by atoms with E-state index in [1.807, 2.05) is 44.3 Å². The Morgan fingerprint density at radius 2 is 2.06 bits per heavy atom. The molecule has 0 bridgehead atoms. The van der Waals surface area contributed by atoms with Crippen molar-refractivity contribution in [2.75, 3.05) is 26.2 Å². The van der Waals surface area contributed by atoms with E-state index in [4.69, 9.17) is 4.74 Å². The molecule has 7 heteroatoms. The first-order valence-corrected chi connectivity index (χ1v) is 10.8. The zero-order valence-electron chi connectivity index (χ0n) is 18.5. The van der Waals surface area contributed by atoms with Crippen molar-refractivity contribution < 1.29 is 14.6 Å². The lowest BCUT2D eigenvalue weighted by atomic mass is 10.1. The van der Waals surface area contributed by atoms with Gasteiger partial charge in [-0.05, 0) is 44.9 Å². The summed E-state index contributed by atoms with van der Waals surface area (Å²) in [7, 11) is 0. The molecule has 0 saturated heterocycles. The van der Waals surface area contributed by atoms with Gasteiger partial charge in [0.1, 0.15) is 5.75 Å². The number of aromatic amines is 1. The lowest BCUT2D eigenvalue weighted by molar-refractivity contribution is -0.132. The smallest absolute Gasteiger partial charge is 0.260 e. The number of para-hydroxylation sites is 1. The van der Waals surface area contributed by atoms with Crippen LogP contribution in [0.3, 0.4) is 0 Å². The molecule has 0 radical (unpaired) electrons. The Kier molecular flexibility index (Phi) is 8.03. The van der Waals surface area contributed by atoms with E-state index < -0.39 is 6.10 Å². The highest BCUT2D eigenvalue weighted by molar-refractivity contribution is 5.89. The standard InChI is InChI=1S/C24H32N4O3/c1-4-28(5-2)23(30)16-31-22-10-6-9-20-19(14-27-24(20)22)12-17(3)26-15-21(29)18-8-7-11-25-13-18/h6-11,13-14,17,21,26-27,29H,4-5,12,15-16H2,1-3H3/t17-,21?/m1/s1. The molecule has 2 heterocycles. The van der Waals surface area contributed by atoms with Crippen LogP contribution in [0.2, 0.25) is 0 Å². The highest BCUT2D eigenvalue weighted by atomic mass is 16.5. The Labute approximate surface area is 183 Å². The maximum Gasteiger partial charge on any atom is 0.260 e. The number of pyridine rings is 1. The van der Waals surface area contributed by atoms with Gasteiger partial charge in [0.25, 0.3) is 5.91 Å². The number of carbonyl (C=O) groups excluding carboxylic acids is 1. The molecule has 3 N–H and O–H groups in total. The molecule has 166 valence electrons. The molecule has 31 heavy (non-hydrogen) atoms. The number of aromatic nitrogens is 2. The van der Waals surface area contributed by atoms with Crippen LogP contribution in [0, 0.1) is 0 Å². The lowest BCUT2D eigenvalue weighted by Crippen LogP contribution is -2.34. The number of aliphatic hydroxyl groups is 1. The second-order valence-corrected chi connectivity index (χ2v) is 7.66. The van der Waals surface area contributed by atoms with Gasteiger partial charge in [-0.25, -0.2) is 0 Å². The molecule has 0 fully saturated rings. The molecule has 0 saturated carbocycles. The van der Waals surface area contributed by atoms with Gasteiger partial charge in [0.05, 0.1) is 11.6 Å². The van der Waals surface area contributed by atoms with E-state index in [2.05, 4.69) is 28.3 Å². The number of benzene rings is 1. The van der Waals surface area contributed by atoms with Gasteiger partial charge in [-0.15, -0.1) is 0 Å². The van der Waals surface area contributed by atoms with Gasteiger partial charge in [0, 0.05) is 55.2 Å². The molecule has 2 aromatic heterocycles. The summed E-state index contributed by atoms with van der Waals surface area (Å²) in [4.78, 5) is 21.4. The first-order chi connectivity index (χ1) is 15.0. The average Bonchev–Trinajstić information content (AvgIpc) is 3.20. The number of likely N-dealkylation sites (N-methyl/N-ethyl adjacent to an activating group) is 1. The minimum absolute atomic E-state index is 0.0150. The molecular weight excluding hydrogens is 392 g/mol. The monoisotopic (exact) mass is 424 g/mol. The van der Waals surface area contributed by atoms with Crippen molar-refractivity contribution in [1.82, 2.24) is 20.2 Å². The summed E-state index contributed by atoms with van der Waals surface area (Å²) in [6, 6.07) is 9.74. The maximum atomic E-state index is 12.3. The third kappa shape index (κ3) is 5.83. The van der Waals surface area contributed by atoms with Gasteiger partial charge in [-0.1, -0.05) is 18.2 Å². The highest BCUT2D eigenvalue weighted by Gasteiger charge is 2.15. The summed E-state index contributed by atoms with van der Waals surface area (Å²) in [5, 5.41) is 14.8. The fourth-order valence-electron chi connectivity index (χ4n) is 3.69. The maximum absolute atomic E-state index is 12.3. The molecule has 3 aromatic rings. The molecule has 1 amide bonds. The summed E-state index contributed by atoms with van der Waals surface area (Å²) in [5.41, 5.74) is 2.86. The summed E-state index contributed by atoms with van der Waals surface area (Å²) in [5.74, 6) is 0.663. The van der Waals surface area contributed by atoms with Crippen molar-refractivity contribution in [3.63, 3.8) is 0 Å². The second-order valence-electron chi connectivity index (χ2n) is 7.66. The highest BCUT2D eigenvalue weighted by Crippen LogP contribution is 2.28. The third-order valence-corrected chi connectivity index (χ3v) is 5.49. The fraction of sp³-hybridized carbons (Fsp3) is 0.417. The molecular formula is C24H32N4O3. The molecule has 0 aliphatic rings. The topological polar surface area (TPSA) is 90.5 Å². The van der Waals surface area contributed by atoms with Crippen LogP contribution in [-0.2, 0) is 11.2 Å². The predicted molar refractivity (Wildman–Crippen MR) is 122 cm³/mol. The third-order valence-electron chi connectivity index (χ3n) is 5.49. The van der Waals surface area contributed by atoms with Gasteiger partial charge in [0.2, 0.25) is 0 Å². The van der Waals surface area contributed by atoms with E-state index in [0.717, 1.165) is 28.5 Å². The minimum Gasteiger partial charge on any atom is -0.482 e. The molecule has 3 rings (SSSR count). The fourth-order valence-corrected chi connectivity index (χ4v) is 3.69. The van der Waals surface area contributed by atoms with Gasteiger partial charge in [-0.2, -0.15) is 0 Å². The average molecular weight is 425 g/mol. The van der Waals surface area contributed by atoms with E-state index in [1.165, 1.54) is 0 Å². The van der Waals surface area contributed by atoms with Crippen LogP contribution in [0.4, 0.5) is 0 Å². The number of ether oxygens (including phenoxy) is 1. The number of H-pyrrole nitrogens is 1. The Balaban J connectivity index is 1.60. The largest absolute Gasteiger partial charge is 0.482 e. The number of hydrogen-bond donors (Lipinski definition) is 3. The summed E-state index contributed by atoms with van der Waals surface area (Å²) >= 11 is 0. The van der Waals surface area contributed by atoms with Crippen molar-refractivity contribution in [3.8, 4) is 5.75 Å². The van der Waals surface area contributed by atoms with Crippen molar-refractivity contribution in [2.24, 2.45) is 0 Å². The zero-order valence-corrected chi connectivity index (χ0v) is 18.5. The summed E-state index contributed by atoms with van der Waals surface area (Å²) < 4.78 is 5.83. The molecule has 1 aromatic carbocycles. The van der Waals surface area contributed by atoms with Crippen LogP contribution in [0.25, 0.3) is 10.9 Å². The van der Waals surface area contributed by atoms with Crippen LogP contribution in [0.1, 0.15) is 38.0 Å². The normalized spacial score (nSPS) is 13.2. The quantitative estimate of drug-likeness (QED) is 0.440. The lowest BCUT2D eigenvalue weighted by Gasteiger charge is -2.19. The second kappa shape index (κ2) is 10.9. The molecule has 0 aliphatic carbocycles. The van der Waals surface area contributed by atoms with E-state index >= 15 is 0 Å². The first-order valence-electron chi connectivity index (χ1n) is 10.8. The number of amides is 1. The van der Waals surface area contributed by atoms with Crippen LogP contribution < -0.4 is 10.1 Å². The van der Waals surface area contributed by atoms with Crippen LogP contribution in [-0.4, -0.2) is 58.2 Å². The minimum atomic E-state index is -0.595. The number of carbonyl (C=O) groups is 1. The number of nitrogens with one attached hydrogen (secondary N) is 2. The van der Waals surface area contributed by atoms with Crippen molar-refractivity contribution >= 4 is 16.8 Å². The first kappa shape index (κ1) is 22.8. The van der Waals surface area contributed by atoms with Crippen molar-refractivity contribution in [1.29, 1.82) is 0 Å². The number of fused-ring (bicyclic) bond motifs is 1. The van der Waals surface area contributed by atoms with Crippen molar-refractivity contribution in [3.05, 3.63) is 60.0 Å². The Morgan fingerprint density at radius 1 is 1.26 bits per heavy atom. The van der Waals surface area contributed by atoms with Gasteiger partial charge in [0.15, 0.2) is 6.61 Å². The SMILES string of the molecule is CCN(CC)C(=O)COc1cccc2c(C[C@@H](C)NCC(O)c3cccnc3)c[nH]c12. The Hall–Kier alpha value is -2.90. The van der Waals surface area contributed by atoms with Crippen molar-refractivity contribution in [2.45, 2.75) is 39.3 Å². The number of rotatable bonds is 11. The van der Waals surface area contributed by atoms with Crippen LogP contribution >= 0.6 is 0 Å². The van der Waals surface area contributed by atoms with E-state index in [1.54, 1.807) is 17.3 Å². The summed E-state index contributed by atoms with van der Waals surface area (Å²) in [6.45, 7) is 7.86. The van der Waals surface area contributed by atoms with E-state index in [9.17, 15) is 9.90 Å². The molecule has 2 atom stereocenters. The Morgan fingerprint density at radius 3 is 2.77 bits per heavy atom. The molecule has 7 nitrogen and oxygen atoms in total. The van der Waals surface area contributed by atoms with Gasteiger partial charge in [-0.3, -0.25) is 9.78 Å². The summed E-state index contributed by atoms with van der Waals surface area (Å²) in [6.07, 6.45) is 5.56. The van der Waals surface area contributed by atoms with Gasteiger partial charge < -0.3 is 25.0 Å². The molecule has 0 spiro atoms. The van der Waals surface area contributed by atoms with E-state index in [0.29, 0.717) is 25.4 Å².